The Bertz CT molecular complexity index is 643. The SMILES string of the molecule is OC(c1cccc(OC(F)(F)F)c1)c1ccc(F)cc1Cl. The second-order valence-electron chi connectivity index (χ2n) is 4.19. The molecule has 2 aromatic carbocycles. The summed E-state index contributed by atoms with van der Waals surface area (Å²) in [5, 5.41) is 10.1. The van der Waals surface area contributed by atoms with Crippen LogP contribution in [0.4, 0.5) is 17.6 Å². The third kappa shape index (κ3) is 4.09. The van der Waals surface area contributed by atoms with E-state index in [0.717, 1.165) is 24.3 Å². The number of hydrogen-bond acceptors (Lipinski definition) is 2. The molecule has 0 spiro atoms. The number of benzene rings is 2. The summed E-state index contributed by atoms with van der Waals surface area (Å²) < 4.78 is 53.2. The summed E-state index contributed by atoms with van der Waals surface area (Å²) >= 11 is 5.81. The van der Waals surface area contributed by atoms with Crippen molar-refractivity contribution in [1.82, 2.24) is 0 Å². The molecule has 7 heteroatoms. The first kappa shape index (κ1) is 15.6. The number of aliphatic hydroxyl groups is 1. The lowest BCUT2D eigenvalue weighted by Gasteiger charge is -2.15. The smallest absolute Gasteiger partial charge is 0.406 e. The van der Waals surface area contributed by atoms with Gasteiger partial charge < -0.3 is 9.84 Å². The van der Waals surface area contributed by atoms with Crippen molar-refractivity contribution in [3.63, 3.8) is 0 Å². The van der Waals surface area contributed by atoms with Gasteiger partial charge in [-0.25, -0.2) is 4.39 Å². The summed E-state index contributed by atoms with van der Waals surface area (Å²) in [5.41, 5.74) is 0.326. The molecule has 0 aliphatic carbocycles. The minimum Gasteiger partial charge on any atom is -0.406 e. The lowest BCUT2D eigenvalue weighted by molar-refractivity contribution is -0.274. The number of ether oxygens (including phenoxy) is 1. The number of hydrogen-bond donors (Lipinski definition) is 1. The Hall–Kier alpha value is -1.79. The second-order valence-corrected chi connectivity index (χ2v) is 4.60. The second kappa shape index (κ2) is 5.91. The van der Waals surface area contributed by atoms with Gasteiger partial charge in [0, 0.05) is 10.6 Å². The zero-order valence-corrected chi connectivity index (χ0v) is 11.1. The molecule has 0 saturated carbocycles. The highest BCUT2D eigenvalue weighted by Crippen LogP contribution is 2.31. The molecule has 0 amide bonds. The van der Waals surface area contributed by atoms with E-state index in [1.54, 1.807) is 0 Å². The van der Waals surface area contributed by atoms with E-state index in [-0.39, 0.29) is 16.1 Å². The van der Waals surface area contributed by atoms with Gasteiger partial charge in [-0.3, -0.25) is 0 Å². The van der Waals surface area contributed by atoms with Crippen LogP contribution in [0, 0.1) is 5.82 Å². The van der Waals surface area contributed by atoms with Gasteiger partial charge >= 0.3 is 6.36 Å². The van der Waals surface area contributed by atoms with E-state index >= 15 is 0 Å². The van der Waals surface area contributed by atoms with Crippen LogP contribution < -0.4 is 4.74 Å². The highest BCUT2D eigenvalue weighted by molar-refractivity contribution is 6.31. The fraction of sp³-hybridized carbons (Fsp3) is 0.143. The van der Waals surface area contributed by atoms with Gasteiger partial charge in [0.2, 0.25) is 0 Å². The fourth-order valence-electron chi connectivity index (χ4n) is 1.78. The summed E-state index contributed by atoms with van der Waals surface area (Å²) in [5.74, 6) is -1.04. The first-order valence-corrected chi connectivity index (χ1v) is 6.13. The van der Waals surface area contributed by atoms with Crippen molar-refractivity contribution < 1.29 is 27.4 Å². The van der Waals surface area contributed by atoms with Crippen LogP contribution in [-0.4, -0.2) is 11.5 Å². The largest absolute Gasteiger partial charge is 0.573 e. The lowest BCUT2D eigenvalue weighted by Crippen LogP contribution is -2.17. The van der Waals surface area contributed by atoms with E-state index in [0.29, 0.717) is 0 Å². The predicted octanol–water partition coefficient (Wildman–Crippen LogP) is 4.46. The van der Waals surface area contributed by atoms with Crippen molar-refractivity contribution in [1.29, 1.82) is 0 Å². The minimum atomic E-state index is -4.82. The number of alkyl halides is 3. The fourth-order valence-corrected chi connectivity index (χ4v) is 2.06. The number of halogens is 5. The third-order valence-corrected chi connectivity index (χ3v) is 2.99. The molecular formula is C14H9ClF4O2. The van der Waals surface area contributed by atoms with E-state index < -0.39 is 24.0 Å². The Morgan fingerprint density at radius 3 is 2.43 bits per heavy atom. The molecule has 1 atom stereocenters. The number of aliphatic hydroxyl groups excluding tert-OH is 1. The van der Waals surface area contributed by atoms with Gasteiger partial charge in [0.25, 0.3) is 0 Å². The van der Waals surface area contributed by atoms with Crippen LogP contribution in [0.3, 0.4) is 0 Å². The average Bonchev–Trinajstić information content (AvgIpc) is 2.36. The highest BCUT2D eigenvalue weighted by atomic mass is 35.5. The third-order valence-electron chi connectivity index (χ3n) is 2.66. The summed E-state index contributed by atoms with van der Waals surface area (Å²) in [7, 11) is 0. The standard InChI is InChI=1S/C14H9ClF4O2/c15-12-7-9(16)4-5-11(12)13(20)8-2-1-3-10(6-8)21-14(17,18)19/h1-7,13,20H. The van der Waals surface area contributed by atoms with Gasteiger partial charge in [0.05, 0.1) is 0 Å². The lowest BCUT2D eigenvalue weighted by atomic mass is 10.0. The van der Waals surface area contributed by atoms with Crippen LogP contribution in [-0.2, 0) is 0 Å². The van der Waals surface area contributed by atoms with E-state index in [9.17, 15) is 22.7 Å². The van der Waals surface area contributed by atoms with Gasteiger partial charge in [-0.15, -0.1) is 13.2 Å². The zero-order chi connectivity index (χ0) is 15.6. The first-order valence-electron chi connectivity index (χ1n) is 5.75. The van der Waals surface area contributed by atoms with Crippen LogP contribution in [0.1, 0.15) is 17.2 Å². The molecule has 2 rings (SSSR count). The maximum absolute atomic E-state index is 13.0. The first-order chi connectivity index (χ1) is 9.76. The Morgan fingerprint density at radius 1 is 1.10 bits per heavy atom. The molecule has 112 valence electrons. The van der Waals surface area contributed by atoms with Crippen molar-refractivity contribution in [2.75, 3.05) is 0 Å². The molecule has 2 nitrogen and oxygen atoms in total. The highest BCUT2D eigenvalue weighted by Gasteiger charge is 2.31. The minimum absolute atomic E-state index is 0.0235. The average molecular weight is 321 g/mol. The zero-order valence-electron chi connectivity index (χ0n) is 10.4. The van der Waals surface area contributed by atoms with E-state index in [4.69, 9.17) is 11.6 Å². The molecule has 0 bridgehead atoms. The Kier molecular flexibility index (Phi) is 4.39. The number of rotatable bonds is 3. The summed E-state index contributed by atoms with van der Waals surface area (Å²) in [6.45, 7) is 0. The van der Waals surface area contributed by atoms with Crippen molar-refractivity contribution >= 4 is 11.6 Å². The van der Waals surface area contributed by atoms with Crippen LogP contribution >= 0.6 is 11.6 Å². The van der Waals surface area contributed by atoms with Gasteiger partial charge in [0.1, 0.15) is 17.7 Å². The van der Waals surface area contributed by atoms with E-state index in [2.05, 4.69) is 4.74 Å². The van der Waals surface area contributed by atoms with Crippen molar-refractivity contribution in [3.8, 4) is 5.75 Å². The Morgan fingerprint density at radius 2 is 1.81 bits per heavy atom. The van der Waals surface area contributed by atoms with E-state index in [1.807, 2.05) is 0 Å². The summed E-state index contributed by atoms with van der Waals surface area (Å²) in [6, 6.07) is 8.23. The molecule has 2 aromatic rings. The normalized spacial score (nSPS) is 13.0. The molecular weight excluding hydrogens is 312 g/mol. The molecule has 21 heavy (non-hydrogen) atoms. The molecule has 1 unspecified atom stereocenters. The molecule has 0 aromatic heterocycles. The molecule has 0 heterocycles. The molecule has 0 aliphatic rings. The Labute approximate surface area is 122 Å². The van der Waals surface area contributed by atoms with Gasteiger partial charge in [-0.2, -0.15) is 0 Å². The maximum atomic E-state index is 13.0. The molecule has 1 N–H and O–H groups in total. The summed E-state index contributed by atoms with van der Waals surface area (Å²) in [4.78, 5) is 0. The molecule has 0 radical (unpaired) electrons. The van der Waals surface area contributed by atoms with Crippen LogP contribution in [0.25, 0.3) is 0 Å². The van der Waals surface area contributed by atoms with Crippen LogP contribution in [0.5, 0.6) is 5.75 Å². The topological polar surface area (TPSA) is 29.5 Å². The monoisotopic (exact) mass is 320 g/mol. The van der Waals surface area contributed by atoms with Crippen LogP contribution in [0.2, 0.25) is 5.02 Å². The molecule has 0 saturated heterocycles. The maximum Gasteiger partial charge on any atom is 0.573 e. The van der Waals surface area contributed by atoms with E-state index in [1.165, 1.54) is 18.2 Å². The van der Waals surface area contributed by atoms with Crippen LogP contribution in [0.15, 0.2) is 42.5 Å². The van der Waals surface area contributed by atoms with Gasteiger partial charge in [0.15, 0.2) is 0 Å². The predicted molar refractivity (Wildman–Crippen MR) is 68.6 cm³/mol. The van der Waals surface area contributed by atoms with Crippen molar-refractivity contribution in [2.45, 2.75) is 12.5 Å². The van der Waals surface area contributed by atoms with Gasteiger partial charge in [-0.1, -0.05) is 29.8 Å². The summed E-state index contributed by atoms with van der Waals surface area (Å²) in [6.07, 6.45) is -6.12. The molecule has 0 fully saturated rings. The van der Waals surface area contributed by atoms with Crippen molar-refractivity contribution in [3.05, 3.63) is 64.4 Å². The van der Waals surface area contributed by atoms with Gasteiger partial charge in [-0.05, 0) is 29.8 Å². The van der Waals surface area contributed by atoms with Crippen molar-refractivity contribution in [2.24, 2.45) is 0 Å². The molecule has 0 aliphatic heterocycles. The Balaban J connectivity index is 2.31. The quantitative estimate of drug-likeness (QED) is 0.846.